The zero-order valence-electron chi connectivity index (χ0n) is 16.5. The van der Waals surface area contributed by atoms with Crippen molar-refractivity contribution in [3.05, 3.63) is 45.9 Å². The monoisotopic (exact) mass is 398 g/mol. The molecule has 1 saturated heterocycles. The maximum absolute atomic E-state index is 12.9. The molecule has 5 N–H and O–H groups in total. The van der Waals surface area contributed by atoms with E-state index in [-0.39, 0.29) is 11.1 Å². The number of nitrogens with one attached hydrogen (secondary N) is 3. The van der Waals surface area contributed by atoms with Crippen LogP contribution in [0.2, 0.25) is 0 Å². The predicted octanol–water partition coefficient (Wildman–Crippen LogP) is -1.21. The average Bonchev–Trinajstić information content (AvgIpc) is 2.72. The standard InChI is InChI=1S/C20H24N6O3/c1-13-3-4-16-23-19-15(20(28)26(16)12-13)11-14(17(21)27)18(24-19)22-5-2-6-25-7-9-29-10-8-25/h3-4,11-12H,2,5-10H2,1H3,(H2,21,27)(H,22,24)/p+2. The van der Waals surface area contributed by atoms with Gasteiger partial charge in [-0.3, -0.25) is 4.79 Å². The summed E-state index contributed by atoms with van der Waals surface area (Å²) in [6.07, 6.45) is 2.67. The van der Waals surface area contributed by atoms with Gasteiger partial charge in [0.25, 0.3) is 11.6 Å². The number of hydrogen-bond acceptors (Lipinski definition) is 5. The first-order chi connectivity index (χ1) is 14.0. The van der Waals surface area contributed by atoms with E-state index >= 15 is 0 Å². The first-order valence-corrected chi connectivity index (χ1v) is 9.87. The van der Waals surface area contributed by atoms with E-state index in [1.54, 1.807) is 6.20 Å². The van der Waals surface area contributed by atoms with Crippen LogP contribution in [0.4, 0.5) is 5.82 Å². The van der Waals surface area contributed by atoms with Crippen molar-refractivity contribution in [2.45, 2.75) is 13.3 Å². The maximum Gasteiger partial charge on any atom is 0.325 e. The lowest BCUT2D eigenvalue weighted by molar-refractivity contribution is -0.908. The number of nitrogens with two attached hydrogens (primary N) is 1. The Labute approximate surface area is 167 Å². The van der Waals surface area contributed by atoms with Gasteiger partial charge in [0.05, 0.1) is 31.5 Å². The summed E-state index contributed by atoms with van der Waals surface area (Å²) in [6, 6.07) is 5.27. The molecule has 1 fully saturated rings. The van der Waals surface area contributed by atoms with Gasteiger partial charge in [0.15, 0.2) is 0 Å². The summed E-state index contributed by atoms with van der Waals surface area (Å²) in [4.78, 5) is 34.0. The molecule has 0 unspecified atom stereocenters. The Bertz CT molecular complexity index is 1120. The molecule has 1 amide bonds. The second-order valence-electron chi connectivity index (χ2n) is 7.43. The summed E-state index contributed by atoms with van der Waals surface area (Å²) in [5.41, 5.74) is 7.54. The number of aromatic nitrogens is 3. The van der Waals surface area contributed by atoms with Gasteiger partial charge in [-0.1, -0.05) is 4.98 Å². The number of ether oxygens (including phenoxy) is 1. The summed E-state index contributed by atoms with van der Waals surface area (Å²) in [7, 11) is 0. The van der Waals surface area contributed by atoms with Crippen LogP contribution in [0.5, 0.6) is 0 Å². The topological polar surface area (TPSA) is 117 Å². The normalized spacial score (nSPS) is 15.1. The van der Waals surface area contributed by atoms with Crippen LogP contribution in [-0.2, 0) is 4.74 Å². The second kappa shape index (κ2) is 8.14. The van der Waals surface area contributed by atoms with Gasteiger partial charge in [-0.2, -0.15) is 4.40 Å². The quantitative estimate of drug-likeness (QED) is 0.356. The Morgan fingerprint density at radius 2 is 2.17 bits per heavy atom. The third-order valence-corrected chi connectivity index (χ3v) is 5.28. The van der Waals surface area contributed by atoms with Crippen molar-refractivity contribution in [3.8, 4) is 0 Å². The zero-order chi connectivity index (χ0) is 20.4. The Hall–Kier alpha value is -3.04. The van der Waals surface area contributed by atoms with Crippen molar-refractivity contribution < 1.29 is 19.4 Å². The minimum atomic E-state index is -0.616. The number of fused-ring (bicyclic) bond motifs is 2. The lowest BCUT2D eigenvalue weighted by Gasteiger charge is -2.23. The minimum Gasteiger partial charge on any atom is -0.370 e. The Morgan fingerprint density at radius 3 is 2.93 bits per heavy atom. The molecule has 0 aliphatic carbocycles. The molecule has 3 aromatic heterocycles. The van der Waals surface area contributed by atoms with Crippen molar-refractivity contribution in [1.29, 1.82) is 0 Å². The number of quaternary nitrogens is 1. The Morgan fingerprint density at radius 1 is 1.38 bits per heavy atom. The second-order valence-corrected chi connectivity index (χ2v) is 7.43. The van der Waals surface area contributed by atoms with E-state index in [0.29, 0.717) is 29.0 Å². The fraction of sp³-hybridized carbons (Fsp3) is 0.400. The maximum atomic E-state index is 12.9. The van der Waals surface area contributed by atoms with Crippen LogP contribution < -0.4 is 26.5 Å². The van der Waals surface area contributed by atoms with Gasteiger partial charge in [0, 0.05) is 19.0 Å². The first kappa shape index (κ1) is 19.3. The predicted molar refractivity (Wildman–Crippen MR) is 108 cm³/mol. The van der Waals surface area contributed by atoms with Crippen molar-refractivity contribution in [3.63, 3.8) is 0 Å². The number of hydrogen-bond donors (Lipinski definition) is 3. The summed E-state index contributed by atoms with van der Waals surface area (Å²) < 4.78 is 6.89. The number of anilines is 1. The third kappa shape index (κ3) is 4.06. The highest BCUT2D eigenvalue weighted by atomic mass is 16.5. The highest BCUT2D eigenvalue weighted by molar-refractivity contribution is 6.00. The van der Waals surface area contributed by atoms with Crippen LogP contribution in [-0.4, -0.2) is 54.7 Å². The highest BCUT2D eigenvalue weighted by Gasteiger charge is 2.20. The van der Waals surface area contributed by atoms with Crippen LogP contribution in [0.15, 0.2) is 29.2 Å². The largest absolute Gasteiger partial charge is 0.370 e. The van der Waals surface area contributed by atoms with Gasteiger partial charge in [-0.05, 0) is 24.6 Å². The summed E-state index contributed by atoms with van der Waals surface area (Å²) in [5, 5.41) is 3.54. The number of aromatic amines is 1. The number of primary amides is 1. The number of aryl methyl sites for hydroxylation is 1. The number of rotatable bonds is 6. The number of carbonyl (C=O) groups excluding carboxylic acids is 1. The van der Waals surface area contributed by atoms with Gasteiger partial charge >= 0.3 is 5.56 Å². The lowest BCUT2D eigenvalue weighted by Crippen LogP contribution is -3.14. The molecule has 3 aromatic rings. The third-order valence-electron chi connectivity index (χ3n) is 5.28. The zero-order valence-corrected chi connectivity index (χ0v) is 16.5. The summed E-state index contributed by atoms with van der Waals surface area (Å²) in [5.74, 6) is -0.219. The molecule has 9 heteroatoms. The van der Waals surface area contributed by atoms with E-state index in [4.69, 9.17) is 10.5 Å². The van der Waals surface area contributed by atoms with E-state index in [0.717, 1.165) is 44.8 Å². The SMILES string of the molecule is Cc1ccc2[nH+]c3nc(NCCC[NH+]4CCOCC4)c(C(N)=O)cc3c(=O)n2c1. The number of amides is 1. The molecule has 0 saturated carbocycles. The van der Waals surface area contributed by atoms with E-state index < -0.39 is 5.91 Å². The molecule has 4 heterocycles. The smallest absolute Gasteiger partial charge is 0.325 e. The molecule has 4 rings (SSSR count). The fourth-order valence-corrected chi connectivity index (χ4v) is 3.68. The number of morpholine rings is 1. The fourth-order valence-electron chi connectivity index (χ4n) is 3.68. The Kier molecular flexibility index (Phi) is 5.41. The van der Waals surface area contributed by atoms with Gasteiger partial charge in [0.1, 0.15) is 18.5 Å². The summed E-state index contributed by atoms with van der Waals surface area (Å²) in [6.45, 7) is 7.24. The van der Waals surface area contributed by atoms with Crippen LogP contribution in [0.1, 0.15) is 22.3 Å². The van der Waals surface area contributed by atoms with E-state index in [1.165, 1.54) is 15.4 Å². The minimum absolute atomic E-state index is 0.217. The van der Waals surface area contributed by atoms with Gasteiger partial charge < -0.3 is 20.7 Å². The number of H-pyrrole nitrogens is 1. The van der Waals surface area contributed by atoms with Crippen LogP contribution in [0.3, 0.4) is 0 Å². The molecule has 1 aliphatic rings. The lowest BCUT2D eigenvalue weighted by atomic mass is 10.2. The van der Waals surface area contributed by atoms with Gasteiger partial charge in [-0.25, -0.2) is 9.78 Å². The van der Waals surface area contributed by atoms with E-state index in [2.05, 4.69) is 15.3 Å². The van der Waals surface area contributed by atoms with E-state index in [9.17, 15) is 9.59 Å². The van der Waals surface area contributed by atoms with E-state index in [1.807, 2.05) is 19.1 Å². The molecule has 0 atom stereocenters. The average molecular weight is 398 g/mol. The number of pyridine rings is 2. The molecule has 152 valence electrons. The van der Waals surface area contributed by atoms with Gasteiger partial charge in [-0.15, -0.1) is 0 Å². The van der Waals surface area contributed by atoms with Crippen LogP contribution in [0.25, 0.3) is 16.7 Å². The molecular formula is C20H26N6O3+2. The molecular weight excluding hydrogens is 372 g/mol. The molecule has 0 radical (unpaired) electrons. The molecule has 29 heavy (non-hydrogen) atoms. The highest BCUT2D eigenvalue weighted by Crippen LogP contribution is 2.16. The number of carbonyl (C=O) groups is 1. The van der Waals surface area contributed by atoms with Gasteiger partial charge in [0.2, 0.25) is 11.5 Å². The van der Waals surface area contributed by atoms with Crippen LogP contribution >= 0.6 is 0 Å². The Balaban J connectivity index is 1.61. The molecule has 1 aliphatic heterocycles. The molecule has 0 aromatic carbocycles. The molecule has 9 nitrogen and oxygen atoms in total. The van der Waals surface area contributed by atoms with Crippen LogP contribution in [0, 0.1) is 6.92 Å². The van der Waals surface area contributed by atoms with Crippen molar-refractivity contribution in [2.75, 3.05) is 44.7 Å². The molecule has 0 bridgehead atoms. The van der Waals surface area contributed by atoms with Crippen molar-refractivity contribution in [2.24, 2.45) is 5.73 Å². The molecule has 0 spiro atoms. The van der Waals surface area contributed by atoms with Crippen molar-refractivity contribution in [1.82, 2.24) is 9.38 Å². The van der Waals surface area contributed by atoms with Crippen molar-refractivity contribution >= 4 is 28.4 Å². The first-order valence-electron chi connectivity index (χ1n) is 9.87. The summed E-state index contributed by atoms with van der Waals surface area (Å²) >= 11 is 0. The number of nitrogens with zero attached hydrogens (tertiary/aromatic N) is 2.